The third-order valence-electron chi connectivity index (χ3n) is 2.47. The van der Waals surface area contributed by atoms with E-state index in [0.29, 0.717) is 11.6 Å². The Kier molecular flexibility index (Phi) is 1.97. The van der Waals surface area contributed by atoms with E-state index in [0.717, 1.165) is 16.0 Å². The lowest BCUT2D eigenvalue weighted by molar-refractivity contribution is 0.621. The molecule has 0 fully saturated rings. The highest BCUT2D eigenvalue weighted by molar-refractivity contribution is 7.13. The van der Waals surface area contributed by atoms with E-state index >= 15 is 0 Å². The van der Waals surface area contributed by atoms with E-state index in [1.807, 2.05) is 17.5 Å². The third kappa shape index (κ3) is 1.39. The van der Waals surface area contributed by atoms with Crippen LogP contribution in [-0.4, -0.2) is 4.98 Å². The van der Waals surface area contributed by atoms with Gasteiger partial charge in [0.25, 0.3) is 0 Å². The van der Waals surface area contributed by atoms with Gasteiger partial charge in [0.2, 0.25) is 5.89 Å². The third-order valence-corrected chi connectivity index (χ3v) is 3.47. The van der Waals surface area contributed by atoms with Gasteiger partial charge in [0.05, 0.1) is 4.88 Å². The first kappa shape index (κ1) is 9.42. The minimum Gasteiger partial charge on any atom is -0.435 e. The van der Waals surface area contributed by atoms with Gasteiger partial charge in [0, 0.05) is 11.8 Å². The van der Waals surface area contributed by atoms with Crippen molar-refractivity contribution in [1.82, 2.24) is 4.98 Å². The molecule has 2 N–H and O–H groups in total. The summed E-state index contributed by atoms with van der Waals surface area (Å²) in [6.07, 6.45) is 0. The van der Waals surface area contributed by atoms with E-state index in [2.05, 4.69) is 18.0 Å². The quantitative estimate of drug-likeness (QED) is 0.651. The van der Waals surface area contributed by atoms with Crippen LogP contribution in [0.15, 0.2) is 34.1 Å². The number of nitrogens with zero attached hydrogens (tertiary/aromatic N) is 1. The summed E-state index contributed by atoms with van der Waals surface area (Å²) < 4.78 is 5.69. The second-order valence-electron chi connectivity index (χ2n) is 3.68. The summed E-state index contributed by atoms with van der Waals surface area (Å²) in [5.74, 6) is 0.674. The van der Waals surface area contributed by atoms with E-state index in [1.54, 1.807) is 17.4 Å². The van der Waals surface area contributed by atoms with Crippen molar-refractivity contribution in [3.63, 3.8) is 0 Å². The molecule has 2 aromatic heterocycles. The summed E-state index contributed by atoms with van der Waals surface area (Å²) in [5.41, 5.74) is 9.16. The van der Waals surface area contributed by atoms with Gasteiger partial charge in [0.15, 0.2) is 5.58 Å². The van der Waals surface area contributed by atoms with Gasteiger partial charge in [-0.05, 0) is 36.1 Å². The van der Waals surface area contributed by atoms with Gasteiger partial charge < -0.3 is 10.2 Å². The number of hydrogen-bond acceptors (Lipinski definition) is 4. The average Bonchev–Trinajstić information content (AvgIpc) is 2.82. The van der Waals surface area contributed by atoms with Crippen LogP contribution in [0.3, 0.4) is 0 Å². The highest BCUT2D eigenvalue weighted by atomic mass is 32.1. The molecule has 2 heterocycles. The first-order valence-corrected chi connectivity index (χ1v) is 5.82. The van der Waals surface area contributed by atoms with Crippen LogP contribution in [0.5, 0.6) is 0 Å². The van der Waals surface area contributed by atoms with E-state index in [9.17, 15) is 0 Å². The van der Waals surface area contributed by atoms with Crippen LogP contribution < -0.4 is 5.73 Å². The van der Waals surface area contributed by atoms with Crippen molar-refractivity contribution in [2.75, 3.05) is 5.73 Å². The van der Waals surface area contributed by atoms with Gasteiger partial charge in [-0.15, -0.1) is 11.3 Å². The number of oxazole rings is 1. The molecule has 1 aromatic carbocycles. The van der Waals surface area contributed by atoms with Gasteiger partial charge in [-0.3, -0.25) is 0 Å². The fourth-order valence-electron chi connectivity index (χ4n) is 1.63. The molecule has 16 heavy (non-hydrogen) atoms. The molecule has 0 radical (unpaired) electrons. The molecular weight excluding hydrogens is 220 g/mol. The highest BCUT2D eigenvalue weighted by Gasteiger charge is 2.11. The van der Waals surface area contributed by atoms with Crippen LogP contribution in [0.2, 0.25) is 0 Å². The predicted octanol–water partition coefficient (Wildman–Crippen LogP) is 3.45. The average molecular weight is 230 g/mol. The Balaban J connectivity index is 2.23. The molecule has 0 aliphatic heterocycles. The van der Waals surface area contributed by atoms with Crippen molar-refractivity contribution >= 4 is 28.1 Å². The number of aryl methyl sites for hydroxylation is 1. The monoisotopic (exact) mass is 230 g/mol. The van der Waals surface area contributed by atoms with E-state index in [4.69, 9.17) is 10.2 Å². The number of benzene rings is 1. The van der Waals surface area contributed by atoms with Crippen molar-refractivity contribution < 1.29 is 4.42 Å². The first-order chi connectivity index (χ1) is 7.74. The smallest absolute Gasteiger partial charge is 0.237 e. The van der Waals surface area contributed by atoms with Crippen molar-refractivity contribution in [3.05, 3.63) is 35.2 Å². The fraction of sp³-hybridized carbons (Fsp3) is 0.0833. The molecule has 80 valence electrons. The van der Waals surface area contributed by atoms with Crippen molar-refractivity contribution in [2.24, 2.45) is 0 Å². The van der Waals surface area contributed by atoms with Crippen LogP contribution in [0.25, 0.3) is 21.9 Å². The zero-order valence-corrected chi connectivity index (χ0v) is 9.54. The van der Waals surface area contributed by atoms with Gasteiger partial charge in [-0.1, -0.05) is 0 Å². The van der Waals surface area contributed by atoms with Crippen LogP contribution in [0, 0.1) is 6.92 Å². The number of nitrogen functional groups attached to an aromatic ring is 1. The summed E-state index contributed by atoms with van der Waals surface area (Å²) in [6, 6.07) is 7.56. The predicted molar refractivity (Wildman–Crippen MR) is 66.5 cm³/mol. The topological polar surface area (TPSA) is 52.0 Å². The van der Waals surface area contributed by atoms with Crippen LogP contribution in [-0.2, 0) is 0 Å². The zero-order chi connectivity index (χ0) is 11.1. The molecule has 0 aliphatic rings. The van der Waals surface area contributed by atoms with Gasteiger partial charge >= 0.3 is 0 Å². The molecule has 3 aromatic rings. The maximum atomic E-state index is 5.70. The lowest BCUT2D eigenvalue weighted by Gasteiger charge is -1.90. The minimum absolute atomic E-state index is 0.674. The number of aromatic nitrogens is 1. The second-order valence-corrected chi connectivity index (χ2v) is 4.60. The molecule has 0 spiro atoms. The summed E-state index contributed by atoms with van der Waals surface area (Å²) in [5, 5.41) is 2.04. The Hall–Kier alpha value is -1.81. The van der Waals surface area contributed by atoms with Crippen molar-refractivity contribution in [2.45, 2.75) is 6.92 Å². The maximum absolute atomic E-state index is 5.70. The summed E-state index contributed by atoms with van der Waals surface area (Å²) >= 11 is 1.63. The molecule has 0 unspecified atom stereocenters. The molecule has 0 saturated carbocycles. The van der Waals surface area contributed by atoms with E-state index < -0.39 is 0 Å². The Morgan fingerprint density at radius 3 is 2.94 bits per heavy atom. The fourth-order valence-corrected chi connectivity index (χ4v) is 2.48. The molecule has 0 amide bonds. The molecule has 3 rings (SSSR count). The zero-order valence-electron chi connectivity index (χ0n) is 8.73. The van der Waals surface area contributed by atoms with Crippen molar-refractivity contribution in [1.29, 1.82) is 0 Å². The largest absolute Gasteiger partial charge is 0.435 e. The summed E-state index contributed by atoms with van der Waals surface area (Å²) in [7, 11) is 0. The summed E-state index contributed by atoms with van der Waals surface area (Å²) in [6.45, 7) is 2.05. The standard InChI is InChI=1S/C12H10N2OS/c1-7-4-5-16-11(7)12-14-9-3-2-8(13)6-10(9)15-12/h2-6H,13H2,1H3. The molecule has 4 heteroatoms. The molecule has 0 saturated heterocycles. The van der Waals surface area contributed by atoms with Crippen LogP contribution in [0.1, 0.15) is 5.56 Å². The SMILES string of the molecule is Cc1ccsc1-c1nc2ccc(N)cc2o1. The summed E-state index contributed by atoms with van der Waals surface area (Å²) in [4.78, 5) is 5.52. The minimum atomic E-state index is 0.674. The number of anilines is 1. The number of nitrogens with two attached hydrogens (primary N) is 1. The lowest BCUT2D eigenvalue weighted by atomic mass is 10.3. The van der Waals surface area contributed by atoms with Crippen LogP contribution >= 0.6 is 11.3 Å². The number of hydrogen-bond donors (Lipinski definition) is 1. The van der Waals surface area contributed by atoms with Gasteiger partial charge in [-0.25, -0.2) is 4.98 Å². The number of thiophene rings is 1. The molecule has 0 aliphatic carbocycles. The number of rotatable bonds is 1. The highest BCUT2D eigenvalue weighted by Crippen LogP contribution is 2.31. The Morgan fingerprint density at radius 1 is 1.31 bits per heavy atom. The van der Waals surface area contributed by atoms with Gasteiger partial charge in [-0.2, -0.15) is 0 Å². The normalized spacial score (nSPS) is 11.1. The van der Waals surface area contributed by atoms with Crippen molar-refractivity contribution in [3.8, 4) is 10.8 Å². The Morgan fingerprint density at radius 2 is 2.19 bits per heavy atom. The molecule has 0 bridgehead atoms. The Labute approximate surface area is 96.5 Å². The first-order valence-electron chi connectivity index (χ1n) is 4.94. The molecular formula is C12H10N2OS. The van der Waals surface area contributed by atoms with E-state index in [1.165, 1.54) is 5.56 Å². The Bertz CT molecular complexity index is 654. The van der Waals surface area contributed by atoms with E-state index in [-0.39, 0.29) is 0 Å². The molecule has 3 nitrogen and oxygen atoms in total. The lowest BCUT2D eigenvalue weighted by Crippen LogP contribution is -1.81. The molecule has 0 atom stereocenters. The number of fused-ring (bicyclic) bond motifs is 1. The van der Waals surface area contributed by atoms with Gasteiger partial charge in [0.1, 0.15) is 5.52 Å². The second kappa shape index (κ2) is 3.35. The van der Waals surface area contributed by atoms with Crippen LogP contribution in [0.4, 0.5) is 5.69 Å². The maximum Gasteiger partial charge on any atom is 0.237 e.